The van der Waals surface area contributed by atoms with Gasteiger partial charge in [-0.25, -0.2) is 0 Å². The van der Waals surface area contributed by atoms with E-state index in [1.54, 1.807) is 0 Å². The quantitative estimate of drug-likeness (QED) is 0.220. The molecule has 0 aliphatic carbocycles. The van der Waals surface area contributed by atoms with Crippen LogP contribution in [0.5, 0.6) is 0 Å². The van der Waals surface area contributed by atoms with Gasteiger partial charge in [0.1, 0.15) is 0 Å². The molecule has 5 nitrogen and oxygen atoms in total. The van der Waals surface area contributed by atoms with Crippen LogP contribution in [0.1, 0.15) is 27.7 Å². The summed E-state index contributed by atoms with van der Waals surface area (Å²) in [5, 5.41) is 14.1. The van der Waals surface area contributed by atoms with Crippen molar-refractivity contribution in [2.45, 2.75) is 43.2 Å². The molecule has 1 aliphatic heterocycles. The van der Waals surface area contributed by atoms with Crippen molar-refractivity contribution in [1.82, 2.24) is 26.2 Å². The van der Waals surface area contributed by atoms with Crippen molar-refractivity contribution in [3.8, 4) is 0 Å². The van der Waals surface area contributed by atoms with Gasteiger partial charge in [0.15, 0.2) is 0 Å². The van der Waals surface area contributed by atoms with Crippen molar-refractivity contribution in [3.63, 3.8) is 0 Å². The number of hydrogen-bond donors (Lipinski definition) is 6. The Hall–Kier alpha value is 0.500. The van der Waals surface area contributed by atoms with E-state index in [-0.39, 0.29) is 9.49 Å². The molecule has 0 spiro atoms. The van der Waals surface area contributed by atoms with Crippen molar-refractivity contribution in [3.05, 3.63) is 0 Å². The lowest BCUT2D eigenvalue weighted by atomic mass is 10.0. The molecule has 1 aliphatic rings. The summed E-state index contributed by atoms with van der Waals surface area (Å²) in [7, 11) is 0. The maximum Gasteiger partial charge on any atom is 0.0332 e. The van der Waals surface area contributed by atoms with Crippen LogP contribution in [0.2, 0.25) is 0 Å². The second-order valence-electron chi connectivity index (χ2n) is 7.95. The molecule has 1 unspecified atom stereocenters. The van der Waals surface area contributed by atoms with Gasteiger partial charge in [0.25, 0.3) is 0 Å². The predicted molar refractivity (Wildman–Crippen MR) is 113 cm³/mol. The lowest BCUT2D eigenvalue weighted by Gasteiger charge is -2.32. The van der Waals surface area contributed by atoms with Gasteiger partial charge >= 0.3 is 0 Å². The third-order valence-electron chi connectivity index (χ3n) is 4.27. The minimum atomic E-state index is -0.0507. The molecule has 4 N–H and O–H groups in total. The number of piperazine rings is 1. The topological polar surface area (TPSA) is 51.4 Å². The van der Waals surface area contributed by atoms with Crippen LogP contribution in [-0.4, -0.2) is 85.9 Å². The molecule has 0 aromatic rings. The van der Waals surface area contributed by atoms with Gasteiger partial charge in [-0.05, 0) is 27.7 Å². The highest BCUT2D eigenvalue weighted by atomic mass is 32.1. The van der Waals surface area contributed by atoms with Crippen molar-refractivity contribution in [2.75, 3.05) is 65.4 Å². The Bertz CT molecular complexity index is 322. The fourth-order valence-corrected chi connectivity index (χ4v) is 3.01. The standard InChI is InChI=1S/C17H39N5S2/c1-16(2,23)14-20-5-6-21-15(17(3,4)24)13-19-9-12-22-10-7-18-8-11-22/h15,18-21,23-24H,5-14H2,1-4H3. The summed E-state index contributed by atoms with van der Waals surface area (Å²) < 4.78 is -0.0153. The van der Waals surface area contributed by atoms with E-state index < -0.39 is 0 Å². The second-order valence-corrected chi connectivity index (χ2v) is 10.3. The number of rotatable bonds is 12. The van der Waals surface area contributed by atoms with Gasteiger partial charge in [0.2, 0.25) is 0 Å². The normalized spacial score (nSPS) is 18.8. The first-order valence-electron chi connectivity index (χ1n) is 9.21. The summed E-state index contributed by atoms with van der Waals surface area (Å²) in [6.07, 6.45) is 0. The molecular weight excluding hydrogens is 338 g/mol. The minimum Gasteiger partial charge on any atom is -0.314 e. The van der Waals surface area contributed by atoms with E-state index in [1.165, 1.54) is 0 Å². The number of nitrogens with one attached hydrogen (secondary N) is 4. The van der Waals surface area contributed by atoms with Crippen LogP contribution in [0.3, 0.4) is 0 Å². The molecule has 0 amide bonds. The molecule has 0 saturated carbocycles. The third-order valence-corrected chi connectivity index (χ3v) is 4.74. The van der Waals surface area contributed by atoms with E-state index in [9.17, 15) is 0 Å². The smallest absolute Gasteiger partial charge is 0.0332 e. The van der Waals surface area contributed by atoms with E-state index >= 15 is 0 Å². The molecule has 24 heavy (non-hydrogen) atoms. The van der Waals surface area contributed by atoms with Crippen LogP contribution in [0.15, 0.2) is 0 Å². The van der Waals surface area contributed by atoms with Crippen molar-refractivity contribution < 1.29 is 0 Å². The number of thiol groups is 2. The summed E-state index contributed by atoms with van der Waals surface area (Å²) >= 11 is 9.30. The van der Waals surface area contributed by atoms with Gasteiger partial charge in [-0.3, -0.25) is 4.90 Å². The first-order valence-corrected chi connectivity index (χ1v) is 10.1. The Balaban J connectivity index is 2.17. The summed E-state index contributed by atoms with van der Waals surface area (Å²) in [6.45, 7) is 19.1. The Morgan fingerprint density at radius 2 is 1.67 bits per heavy atom. The van der Waals surface area contributed by atoms with E-state index in [4.69, 9.17) is 12.6 Å². The highest BCUT2D eigenvalue weighted by Gasteiger charge is 2.24. The fourth-order valence-electron chi connectivity index (χ4n) is 2.72. The summed E-state index contributed by atoms with van der Waals surface area (Å²) in [5.41, 5.74) is 0. The lowest BCUT2D eigenvalue weighted by Crippen LogP contribution is -2.52. The Morgan fingerprint density at radius 1 is 1.00 bits per heavy atom. The van der Waals surface area contributed by atoms with Crippen molar-refractivity contribution in [2.24, 2.45) is 0 Å². The zero-order chi connectivity index (χ0) is 18.1. The highest BCUT2D eigenvalue weighted by molar-refractivity contribution is 7.82. The molecule has 1 saturated heterocycles. The van der Waals surface area contributed by atoms with E-state index in [2.05, 4.69) is 66.5 Å². The number of hydrogen-bond acceptors (Lipinski definition) is 7. The first-order chi connectivity index (χ1) is 11.2. The number of nitrogens with zero attached hydrogens (tertiary/aromatic N) is 1. The highest BCUT2D eigenvalue weighted by Crippen LogP contribution is 2.17. The molecule has 1 rings (SSSR count). The van der Waals surface area contributed by atoms with Crippen LogP contribution in [0.4, 0.5) is 0 Å². The average Bonchev–Trinajstić information content (AvgIpc) is 2.47. The molecule has 7 heteroatoms. The molecular formula is C17H39N5S2. The van der Waals surface area contributed by atoms with Crippen LogP contribution >= 0.6 is 25.3 Å². The molecule has 0 aromatic carbocycles. The Morgan fingerprint density at radius 3 is 2.25 bits per heavy atom. The van der Waals surface area contributed by atoms with E-state index in [0.29, 0.717) is 6.04 Å². The van der Waals surface area contributed by atoms with Gasteiger partial charge in [0.05, 0.1) is 0 Å². The maximum absolute atomic E-state index is 4.77. The van der Waals surface area contributed by atoms with Gasteiger partial charge < -0.3 is 21.3 Å². The largest absolute Gasteiger partial charge is 0.314 e. The van der Waals surface area contributed by atoms with Crippen molar-refractivity contribution >= 4 is 25.3 Å². The van der Waals surface area contributed by atoms with Crippen LogP contribution in [-0.2, 0) is 0 Å². The first kappa shape index (κ1) is 22.5. The van der Waals surface area contributed by atoms with E-state index in [0.717, 1.165) is 65.4 Å². The second kappa shape index (κ2) is 11.3. The van der Waals surface area contributed by atoms with Crippen molar-refractivity contribution in [1.29, 1.82) is 0 Å². The fraction of sp³-hybridized carbons (Fsp3) is 1.00. The molecule has 1 fully saturated rings. The Kier molecular flexibility index (Phi) is 10.6. The van der Waals surface area contributed by atoms with Crippen LogP contribution < -0.4 is 21.3 Å². The summed E-state index contributed by atoms with van der Waals surface area (Å²) in [6, 6.07) is 0.342. The summed E-state index contributed by atoms with van der Waals surface area (Å²) in [4.78, 5) is 2.51. The summed E-state index contributed by atoms with van der Waals surface area (Å²) in [5.74, 6) is 0. The lowest BCUT2D eigenvalue weighted by molar-refractivity contribution is 0.239. The Labute approximate surface area is 160 Å². The zero-order valence-corrected chi connectivity index (χ0v) is 17.8. The van der Waals surface area contributed by atoms with Gasteiger partial charge in [0, 0.05) is 81.0 Å². The zero-order valence-electron chi connectivity index (χ0n) is 16.0. The van der Waals surface area contributed by atoms with Gasteiger partial charge in [-0.1, -0.05) is 0 Å². The molecule has 0 radical (unpaired) electrons. The average molecular weight is 378 g/mol. The minimum absolute atomic E-state index is 0.0355. The molecule has 144 valence electrons. The van der Waals surface area contributed by atoms with Gasteiger partial charge in [-0.2, -0.15) is 25.3 Å². The molecule has 0 bridgehead atoms. The monoisotopic (exact) mass is 377 g/mol. The molecule has 1 heterocycles. The van der Waals surface area contributed by atoms with Crippen LogP contribution in [0, 0.1) is 0 Å². The maximum atomic E-state index is 4.77. The third kappa shape index (κ3) is 11.2. The molecule has 1 atom stereocenters. The SMILES string of the molecule is CC(C)(S)CNCCNC(CNCCN1CCNCC1)C(C)(C)S. The molecule has 0 aromatic heterocycles. The van der Waals surface area contributed by atoms with Gasteiger partial charge in [-0.15, -0.1) is 0 Å². The van der Waals surface area contributed by atoms with Crippen LogP contribution in [0.25, 0.3) is 0 Å². The predicted octanol–water partition coefficient (Wildman–Crippen LogP) is 0.446. The van der Waals surface area contributed by atoms with E-state index in [1.807, 2.05) is 0 Å².